The highest BCUT2D eigenvalue weighted by molar-refractivity contribution is 7.98. The lowest BCUT2D eigenvalue weighted by Crippen LogP contribution is -2.38. The average molecular weight is 521 g/mol. The molecule has 1 aromatic heterocycles. The van der Waals surface area contributed by atoms with Gasteiger partial charge in [-0.1, -0.05) is 78.5 Å². The van der Waals surface area contributed by atoms with Crippen LogP contribution in [0, 0.1) is 0 Å². The van der Waals surface area contributed by atoms with Crippen molar-refractivity contribution in [1.82, 2.24) is 15.2 Å². The van der Waals surface area contributed by atoms with Crippen molar-refractivity contribution in [1.29, 1.82) is 0 Å². The third kappa shape index (κ3) is 4.13. The summed E-state index contributed by atoms with van der Waals surface area (Å²) in [4.78, 5) is 20.7. The quantitative estimate of drug-likeness (QED) is 0.243. The summed E-state index contributed by atoms with van der Waals surface area (Å²) in [5.41, 5.74) is 3.10. The lowest BCUT2D eigenvalue weighted by molar-refractivity contribution is 0.0908. The van der Waals surface area contributed by atoms with Crippen molar-refractivity contribution in [2.75, 3.05) is 17.8 Å². The van der Waals surface area contributed by atoms with E-state index in [9.17, 15) is 4.79 Å². The normalized spacial score (nSPS) is 14.3. The second kappa shape index (κ2) is 10.1. The zero-order valence-corrected chi connectivity index (χ0v) is 21.7. The highest BCUT2D eigenvalue weighted by atomic mass is 32.2. The first-order chi connectivity index (χ1) is 18.7. The van der Waals surface area contributed by atoms with Gasteiger partial charge in [0.25, 0.3) is 5.91 Å². The third-order valence-electron chi connectivity index (χ3n) is 6.41. The zero-order chi connectivity index (χ0) is 26.1. The molecule has 1 amide bonds. The average Bonchev–Trinajstić information content (AvgIpc) is 3.11. The van der Waals surface area contributed by atoms with E-state index in [2.05, 4.69) is 15.2 Å². The van der Waals surface area contributed by atoms with Crippen LogP contribution in [0.1, 0.15) is 29.1 Å². The number of hydrogen-bond acceptors (Lipinski definition) is 7. The van der Waals surface area contributed by atoms with Gasteiger partial charge in [-0.05, 0) is 48.2 Å². The Hall–Kier alpha value is -4.43. The second-order valence-electron chi connectivity index (χ2n) is 8.61. The Morgan fingerprint density at radius 2 is 1.71 bits per heavy atom. The molecule has 1 aliphatic rings. The number of carbonyl (C=O) groups is 1. The smallest absolute Gasteiger partial charge is 0.261 e. The summed E-state index contributed by atoms with van der Waals surface area (Å²) in [5.74, 6) is 0.722. The minimum Gasteiger partial charge on any atom is -0.493 e. The number of rotatable bonds is 5. The number of benzene rings is 4. The standard InChI is InChI=1S/C30H24N4O3S/c1-3-36-24-18-17-19-11-7-8-14-21(19)25(24)29-34(28(35)20-12-5-4-6-13-20)23-16-10-9-15-22(23)26-27(37-29)31-30(38-2)33-32-26/h4-18,29H,3H2,1-2H3. The van der Waals surface area contributed by atoms with E-state index in [1.807, 2.05) is 92.0 Å². The van der Waals surface area contributed by atoms with E-state index in [-0.39, 0.29) is 5.91 Å². The molecule has 6 rings (SSSR count). The fourth-order valence-electron chi connectivity index (χ4n) is 4.74. The fraction of sp³-hybridized carbons (Fsp3) is 0.133. The van der Waals surface area contributed by atoms with E-state index < -0.39 is 6.23 Å². The van der Waals surface area contributed by atoms with Crippen LogP contribution in [-0.2, 0) is 0 Å². The van der Waals surface area contributed by atoms with E-state index in [4.69, 9.17) is 9.47 Å². The van der Waals surface area contributed by atoms with Crippen LogP contribution in [0.2, 0.25) is 0 Å². The molecule has 0 fully saturated rings. The molecule has 4 aromatic carbocycles. The van der Waals surface area contributed by atoms with Crippen molar-refractivity contribution in [3.05, 3.63) is 102 Å². The van der Waals surface area contributed by atoms with Crippen LogP contribution in [0.5, 0.6) is 11.6 Å². The number of hydrogen-bond donors (Lipinski definition) is 0. The Kier molecular flexibility index (Phi) is 6.39. The summed E-state index contributed by atoms with van der Waals surface area (Å²) < 4.78 is 12.8. The van der Waals surface area contributed by atoms with Crippen molar-refractivity contribution < 1.29 is 14.3 Å². The molecule has 0 spiro atoms. The van der Waals surface area contributed by atoms with Crippen LogP contribution >= 0.6 is 11.8 Å². The molecule has 1 atom stereocenters. The topological polar surface area (TPSA) is 77.4 Å². The fourth-order valence-corrected chi connectivity index (χ4v) is 5.04. The molecule has 1 aliphatic heterocycles. The number of amides is 1. The molecule has 0 saturated carbocycles. The Bertz CT molecular complexity index is 1640. The number of anilines is 1. The largest absolute Gasteiger partial charge is 0.493 e. The maximum Gasteiger partial charge on any atom is 0.261 e. The summed E-state index contributed by atoms with van der Waals surface area (Å²) in [6.45, 7) is 2.39. The lowest BCUT2D eigenvalue weighted by Gasteiger charge is -2.32. The number of fused-ring (bicyclic) bond motifs is 4. The van der Waals surface area contributed by atoms with Crippen molar-refractivity contribution in [3.8, 4) is 22.9 Å². The molecular formula is C30H24N4O3S. The van der Waals surface area contributed by atoms with Gasteiger partial charge in [-0.3, -0.25) is 9.69 Å². The SMILES string of the molecule is CCOc1ccc2ccccc2c1C1Oc2nc(SC)nnc2-c2ccccc2N1C(=O)c1ccccc1. The number of nitrogens with zero attached hydrogens (tertiary/aromatic N) is 4. The summed E-state index contributed by atoms with van der Waals surface area (Å²) >= 11 is 1.37. The monoisotopic (exact) mass is 520 g/mol. The summed E-state index contributed by atoms with van der Waals surface area (Å²) in [6.07, 6.45) is 0.985. The molecule has 5 aromatic rings. The predicted molar refractivity (Wildman–Crippen MR) is 149 cm³/mol. The van der Waals surface area contributed by atoms with Crippen LogP contribution in [0.4, 0.5) is 5.69 Å². The van der Waals surface area contributed by atoms with Gasteiger partial charge in [0.05, 0.1) is 17.9 Å². The molecule has 0 radical (unpaired) electrons. The molecule has 2 heterocycles. The van der Waals surface area contributed by atoms with E-state index >= 15 is 0 Å². The summed E-state index contributed by atoms with van der Waals surface area (Å²) in [6, 6.07) is 28.8. The highest BCUT2D eigenvalue weighted by Gasteiger charge is 2.38. The third-order valence-corrected chi connectivity index (χ3v) is 6.95. The molecule has 0 aliphatic carbocycles. The Balaban J connectivity index is 1.68. The lowest BCUT2D eigenvalue weighted by atomic mass is 10.00. The van der Waals surface area contributed by atoms with E-state index in [0.29, 0.717) is 45.9 Å². The molecule has 38 heavy (non-hydrogen) atoms. The van der Waals surface area contributed by atoms with Crippen LogP contribution in [0.25, 0.3) is 22.0 Å². The zero-order valence-electron chi connectivity index (χ0n) is 20.9. The molecule has 188 valence electrons. The maximum atomic E-state index is 14.3. The number of aromatic nitrogens is 3. The van der Waals surface area contributed by atoms with Gasteiger partial charge in [-0.2, -0.15) is 4.98 Å². The van der Waals surface area contributed by atoms with Crippen molar-refractivity contribution in [2.24, 2.45) is 0 Å². The van der Waals surface area contributed by atoms with Gasteiger partial charge in [-0.15, -0.1) is 10.2 Å². The maximum absolute atomic E-state index is 14.3. The minimum atomic E-state index is -0.899. The molecular weight excluding hydrogens is 496 g/mol. The van der Waals surface area contributed by atoms with Crippen LogP contribution < -0.4 is 14.4 Å². The van der Waals surface area contributed by atoms with Crippen molar-refractivity contribution in [2.45, 2.75) is 18.3 Å². The van der Waals surface area contributed by atoms with Gasteiger partial charge >= 0.3 is 0 Å². The minimum absolute atomic E-state index is 0.218. The van der Waals surface area contributed by atoms with E-state index in [1.54, 1.807) is 17.0 Å². The summed E-state index contributed by atoms with van der Waals surface area (Å²) in [5, 5.41) is 11.1. The predicted octanol–water partition coefficient (Wildman–Crippen LogP) is 6.55. The van der Waals surface area contributed by atoms with Gasteiger partial charge in [0.15, 0.2) is 5.69 Å². The van der Waals surface area contributed by atoms with Crippen molar-refractivity contribution >= 4 is 34.1 Å². The van der Waals surface area contributed by atoms with Crippen LogP contribution in [0.3, 0.4) is 0 Å². The molecule has 0 N–H and O–H groups in total. The number of carbonyl (C=O) groups excluding carboxylic acids is 1. The second-order valence-corrected chi connectivity index (χ2v) is 9.39. The van der Waals surface area contributed by atoms with Gasteiger partial charge in [0, 0.05) is 11.1 Å². The molecule has 0 bridgehead atoms. The Morgan fingerprint density at radius 3 is 2.53 bits per heavy atom. The molecule has 0 saturated heterocycles. The van der Waals surface area contributed by atoms with Crippen LogP contribution in [-0.4, -0.2) is 34.0 Å². The first-order valence-corrected chi connectivity index (χ1v) is 13.5. The molecule has 1 unspecified atom stereocenters. The first-order valence-electron chi connectivity index (χ1n) is 12.3. The van der Waals surface area contributed by atoms with Gasteiger partial charge in [-0.25, -0.2) is 0 Å². The van der Waals surface area contributed by atoms with Crippen molar-refractivity contribution in [3.63, 3.8) is 0 Å². The molecule has 8 heteroatoms. The Morgan fingerprint density at radius 1 is 0.947 bits per heavy atom. The first kappa shape index (κ1) is 23.9. The van der Waals surface area contributed by atoms with Gasteiger partial charge in [0.2, 0.25) is 17.3 Å². The number of para-hydroxylation sites is 1. The van der Waals surface area contributed by atoms with Crippen LogP contribution in [0.15, 0.2) is 96.2 Å². The van der Waals surface area contributed by atoms with E-state index in [0.717, 1.165) is 16.3 Å². The Labute approximate surface area is 224 Å². The molecule has 7 nitrogen and oxygen atoms in total. The van der Waals surface area contributed by atoms with E-state index in [1.165, 1.54) is 11.8 Å². The van der Waals surface area contributed by atoms with Gasteiger partial charge < -0.3 is 9.47 Å². The number of thioether (sulfide) groups is 1. The summed E-state index contributed by atoms with van der Waals surface area (Å²) in [7, 11) is 0. The van der Waals surface area contributed by atoms with Gasteiger partial charge in [0.1, 0.15) is 5.75 Å². The highest BCUT2D eigenvalue weighted by Crippen LogP contribution is 2.47. The number of ether oxygens (including phenoxy) is 2.